The van der Waals surface area contributed by atoms with E-state index < -0.39 is 0 Å². The summed E-state index contributed by atoms with van der Waals surface area (Å²) in [5.41, 5.74) is 0. The maximum atomic E-state index is 3.55. The third-order valence-electron chi connectivity index (χ3n) is 2.83. The lowest BCUT2D eigenvalue weighted by molar-refractivity contribution is 0.157. The zero-order valence-corrected chi connectivity index (χ0v) is 8.18. The van der Waals surface area contributed by atoms with Crippen LogP contribution in [0.2, 0.25) is 0 Å². The van der Waals surface area contributed by atoms with E-state index in [1.807, 2.05) is 0 Å². The second kappa shape index (κ2) is 4.91. The Balaban J connectivity index is 1.82. The Morgan fingerprint density at radius 2 is 1.92 bits per heavy atom. The Morgan fingerprint density at radius 1 is 0.923 bits per heavy atom. The highest BCUT2D eigenvalue weighted by atomic mass is 15.3. The molecular weight excluding hydrogens is 164 g/mol. The van der Waals surface area contributed by atoms with Crippen LogP contribution in [0.5, 0.6) is 0 Å². The van der Waals surface area contributed by atoms with E-state index in [9.17, 15) is 0 Å². The predicted octanol–water partition coefficient (Wildman–Crippen LogP) is -1.20. The molecule has 2 aliphatic heterocycles. The van der Waals surface area contributed by atoms with Crippen molar-refractivity contribution in [2.45, 2.75) is 12.6 Å². The van der Waals surface area contributed by atoms with Gasteiger partial charge in [0.15, 0.2) is 0 Å². The van der Waals surface area contributed by atoms with E-state index in [4.69, 9.17) is 0 Å². The molecule has 1 atom stereocenters. The summed E-state index contributed by atoms with van der Waals surface area (Å²) in [5.74, 6) is 0. The Labute approximate surface area is 80.1 Å². The molecule has 0 amide bonds. The number of rotatable bonds is 1. The van der Waals surface area contributed by atoms with E-state index in [0.29, 0.717) is 6.17 Å². The van der Waals surface area contributed by atoms with E-state index in [1.165, 1.54) is 26.1 Å². The molecule has 2 rings (SSSR count). The maximum absolute atomic E-state index is 3.55. The number of hydrogen-bond donors (Lipinski definition) is 3. The molecule has 0 saturated carbocycles. The highest BCUT2D eigenvalue weighted by Gasteiger charge is 2.20. The van der Waals surface area contributed by atoms with E-state index >= 15 is 0 Å². The van der Waals surface area contributed by atoms with Crippen molar-refractivity contribution < 1.29 is 0 Å². The molecule has 0 aromatic carbocycles. The minimum absolute atomic E-state index is 0.564. The van der Waals surface area contributed by atoms with Gasteiger partial charge in [0.25, 0.3) is 0 Å². The normalized spacial score (nSPS) is 32.8. The largest absolute Gasteiger partial charge is 0.315 e. The van der Waals surface area contributed by atoms with Crippen LogP contribution in [0, 0.1) is 0 Å². The van der Waals surface area contributed by atoms with Crippen molar-refractivity contribution in [3.8, 4) is 0 Å². The third kappa shape index (κ3) is 2.64. The van der Waals surface area contributed by atoms with Crippen LogP contribution in [0.25, 0.3) is 0 Å². The van der Waals surface area contributed by atoms with Crippen LogP contribution >= 0.6 is 0 Å². The van der Waals surface area contributed by atoms with Crippen LogP contribution in [0.1, 0.15) is 6.42 Å². The Hall–Kier alpha value is -0.160. The molecule has 13 heavy (non-hydrogen) atoms. The zero-order valence-electron chi connectivity index (χ0n) is 8.18. The van der Waals surface area contributed by atoms with Gasteiger partial charge >= 0.3 is 0 Å². The van der Waals surface area contributed by atoms with Crippen LogP contribution in [0.15, 0.2) is 0 Å². The Bertz CT molecular complexity index is 137. The molecule has 0 radical (unpaired) electrons. The average Bonchev–Trinajstić information content (AvgIpc) is 2.47. The smallest absolute Gasteiger partial charge is 0.0726 e. The molecule has 0 spiro atoms. The van der Waals surface area contributed by atoms with Crippen molar-refractivity contribution in [1.82, 2.24) is 20.9 Å². The zero-order chi connectivity index (χ0) is 8.93. The molecule has 0 aliphatic carbocycles. The van der Waals surface area contributed by atoms with Crippen molar-refractivity contribution in [1.29, 1.82) is 0 Å². The lowest BCUT2D eigenvalue weighted by atomic mass is 10.3. The average molecular weight is 184 g/mol. The molecule has 76 valence electrons. The molecule has 4 heteroatoms. The summed E-state index contributed by atoms with van der Waals surface area (Å²) in [6, 6.07) is 0. The third-order valence-corrected chi connectivity index (χ3v) is 2.83. The predicted molar refractivity (Wildman–Crippen MR) is 53.7 cm³/mol. The van der Waals surface area contributed by atoms with Crippen LogP contribution in [-0.2, 0) is 0 Å². The number of nitrogens with one attached hydrogen (secondary N) is 3. The monoisotopic (exact) mass is 184 g/mol. The molecule has 0 bridgehead atoms. The molecule has 0 aromatic rings. The molecule has 3 N–H and O–H groups in total. The van der Waals surface area contributed by atoms with Gasteiger partial charge in [-0.1, -0.05) is 0 Å². The van der Waals surface area contributed by atoms with Crippen LogP contribution in [0.4, 0.5) is 0 Å². The van der Waals surface area contributed by atoms with Gasteiger partial charge in [0.2, 0.25) is 0 Å². The van der Waals surface area contributed by atoms with Gasteiger partial charge < -0.3 is 10.6 Å². The van der Waals surface area contributed by atoms with E-state index in [0.717, 1.165) is 26.2 Å². The van der Waals surface area contributed by atoms with Gasteiger partial charge in [0.05, 0.1) is 6.17 Å². The first kappa shape index (κ1) is 9.40. The van der Waals surface area contributed by atoms with E-state index in [-0.39, 0.29) is 0 Å². The molecular formula is C9H20N4. The first-order valence-corrected chi connectivity index (χ1v) is 5.36. The maximum Gasteiger partial charge on any atom is 0.0726 e. The van der Waals surface area contributed by atoms with Crippen molar-refractivity contribution in [2.24, 2.45) is 0 Å². The minimum atomic E-state index is 0.564. The highest BCUT2D eigenvalue weighted by Crippen LogP contribution is 2.01. The fourth-order valence-corrected chi connectivity index (χ4v) is 2.07. The fraction of sp³-hybridized carbons (Fsp3) is 1.00. The molecule has 1 unspecified atom stereocenters. The summed E-state index contributed by atoms with van der Waals surface area (Å²) in [6.45, 7) is 8.04. The molecule has 2 fully saturated rings. The quantitative estimate of drug-likeness (QED) is 0.479. The first-order chi connectivity index (χ1) is 6.47. The molecule has 2 aliphatic rings. The topological polar surface area (TPSA) is 39.3 Å². The van der Waals surface area contributed by atoms with Crippen molar-refractivity contribution >= 4 is 0 Å². The minimum Gasteiger partial charge on any atom is -0.315 e. The van der Waals surface area contributed by atoms with Crippen molar-refractivity contribution in [3.05, 3.63) is 0 Å². The van der Waals surface area contributed by atoms with Gasteiger partial charge in [0.1, 0.15) is 0 Å². The summed E-state index contributed by atoms with van der Waals surface area (Å²) in [5, 5.41) is 10.4. The fourth-order valence-electron chi connectivity index (χ4n) is 2.07. The Morgan fingerprint density at radius 3 is 2.77 bits per heavy atom. The van der Waals surface area contributed by atoms with Crippen LogP contribution in [0.3, 0.4) is 0 Å². The van der Waals surface area contributed by atoms with Gasteiger partial charge in [-0.25, -0.2) is 0 Å². The number of nitrogens with zero attached hydrogens (tertiary/aromatic N) is 1. The number of piperazine rings is 1. The summed E-state index contributed by atoms with van der Waals surface area (Å²) < 4.78 is 0. The molecule has 0 aromatic heterocycles. The van der Waals surface area contributed by atoms with Gasteiger partial charge in [0, 0.05) is 39.3 Å². The summed E-state index contributed by atoms with van der Waals surface area (Å²) in [6.07, 6.45) is 1.84. The van der Waals surface area contributed by atoms with Gasteiger partial charge in [-0.15, -0.1) is 0 Å². The van der Waals surface area contributed by atoms with E-state index in [2.05, 4.69) is 20.9 Å². The summed E-state index contributed by atoms with van der Waals surface area (Å²) >= 11 is 0. The van der Waals surface area contributed by atoms with Crippen LogP contribution < -0.4 is 16.0 Å². The van der Waals surface area contributed by atoms with Gasteiger partial charge in [-0.3, -0.25) is 10.2 Å². The summed E-state index contributed by atoms with van der Waals surface area (Å²) in [7, 11) is 0. The molecule has 2 saturated heterocycles. The lowest BCUT2D eigenvalue weighted by Gasteiger charge is -2.34. The number of hydrogen-bond acceptors (Lipinski definition) is 4. The van der Waals surface area contributed by atoms with Gasteiger partial charge in [-0.2, -0.15) is 0 Å². The Kier molecular flexibility index (Phi) is 3.55. The highest BCUT2D eigenvalue weighted by molar-refractivity contribution is 4.78. The molecule has 2 heterocycles. The second-order valence-corrected chi connectivity index (χ2v) is 3.81. The SMILES string of the molecule is C1CNCCN(C2CNCCN2)C1. The second-order valence-electron chi connectivity index (χ2n) is 3.81. The van der Waals surface area contributed by atoms with Crippen molar-refractivity contribution in [3.63, 3.8) is 0 Å². The lowest BCUT2D eigenvalue weighted by Crippen LogP contribution is -2.57. The summed E-state index contributed by atoms with van der Waals surface area (Å²) in [4.78, 5) is 2.55. The van der Waals surface area contributed by atoms with Crippen LogP contribution in [-0.4, -0.2) is 56.9 Å². The van der Waals surface area contributed by atoms with Crippen molar-refractivity contribution in [2.75, 3.05) is 45.8 Å². The molecule has 4 nitrogen and oxygen atoms in total. The van der Waals surface area contributed by atoms with E-state index in [1.54, 1.807) is 0 Å². The van der Waals surface area contributed by atoms with Gasteiger partial charge in [-0.05, 0) is 13.0 Å². The standard InChI is InChI=1S/C9H20N4/c1-2-10-5-7-13(6-1)9-8-11-3-4-12-9/h9-12H,1-8H2. The first-order valence-electron chi connectivity index (χ1n) is 5.36.